The van der Waals surface area contributed by atoms with E-state index in [-0.39, 0.29) is 0 Å². The molecule has 0 amide bonds. The van der Waals surface area contributed by atoms with E-state index in [0.29, 0.717) is 6.42 Å². The molecule has 0 bridgehead atoms. The minimum atomic E-state index is -0.751. The zero-order valence-electron chi connectivity index (χ0n) is 10.2. The summed E-state index contributed by atoms with van der Waals surface area (Å²) in [7, 11) is 0. The molecule has 0 aliphatic rings. The molecule has 0 aliphatic carbocycles. The van der Waals surface area contributed by atoms with Crippen molar-refractivity contribution in [3.63, 3.8) is 0 Å². The third-order valence-electron chi connectivity index (χ3n) is 2.68. The summed E-state index contributed by atoms with van der Waals surface area (Å²) >= 11 is 1.71. The zero-order valence-corrected chi connectivity index (χ0v) is 11.0. The quantitative estimate of drug-likeness (QED) is 0.817. The molecule has 2 nitrogen and oxygen atoms in total. The predicted molar refractivity (Wildman–Crippen MR) is 68.1 cm³/mol. The maximum absolute atomic E-state index is 11.0. The van der Waals surface area contributed by atoms with Crippen molar-refractivity contribution in [1.29, 1.82) is 0 Å². The summed E-state index contributed by atoms with van der Waals surface area (Å²) in [5, 5.41) is 9.07. The van der Waals surface area contributed by atoms with Crippen LogP contribution in [0.2, 0.25) is 0 Å². The van der Waals surface area contributed by atoms with Gasteiger partial charge < -0.3 is 5.11 Å². The molecule has 0 fully saturated rings. The van der Waals surface area contributed by atoms with E-state index in [4.69, 9.17) is 5.11 Å². The van der Waals surface area contributed by atoms with E-state index in [1.165, 1.54) is 10.5 Å². The Morgan fingerprint density at radius 2 is 2.06 bits per heavy atom. The summed E-state index contributed by atoms with van der Waals surface area (Å²) in [4.78, 5) is 12.3. The Bertz CT molecular complexity index is 397. The lowest BCUT2D eigenvalue weighted by molar-refractivity contribution is -0.146. The maximum Gasteiger partial charge on any atom is 0.309 e. The van der Waals surface area contributed by atoms with Gasteiger partial charge in [-0.15, -0.1) is 11.8 Å². The van der Waals surface area contributed by atoms with Crippen LogP contribution in [0.4, 0.5) is 0 Å². The number of aryl methyl sites for hydroxylation is 1. The standard InChI is InChI=1S/C13H18O2S/c1-9-7-10(5-6-11(9)16-4)8-13(2,3)12(14)15/h5-7H,8H2,1-4H3,(H,14,15). The van der Waals surface area contributed by atoms with Crippen molar-refractivity contribution in [3.8, 4) is 0 Å². The zero-order chi connectivity index (χ0) is 12.3. The Hall–Kier alpha value is -0.960. The van der Waals surface area contributed by atoms with Crippen LogP contribution in [0.1, 0.15) is 25.0 Å². The number of carboxylic acids is 1. The molecule has 0 radical (unpaired) electrons. The Labute approximate surface area is 101 Å². The molecule has 16 heavy (non-hydrogen) atoms. The van der Waals surface area contributed by atoms with Crippen LogP contribution in [0.5, 0.6) is 0 Å². The van der Waals surface area contributed by atoms with Gasteiger partial charge in [0.25, 0.3) is 0 Å². The van der Waals surface area contributed by atoms with E-state index >= 15 is 0 Å². The SMILES string of the molecule is CSc1ccc(CC(C)(C)C(=O)O)cc1C. The number of benzene rings is 1. The smallest absolute Gasteiger partial charge is 0.309 e. The Morgan fingerprint density at radius 3 is 2.50 bits per heavy atom. The van der Waals surface area contributed by atoms with Gasteiger partial charge in [0.2, 0.25) is 0 Å². The summed E-state index contributed by atoms with van der Waals surface area (Å²) < 4.78 is 0. The number of carboxylic acid groups (broad SMARTS) is 1. The first-order valence-electron chi connectivity index (χ1n) is 5.24. The highest BCUT2D eigenvalue weighted by Crippen LogP contribution is 2.26. The molecule has 0 saturated carbocycles. The summed E-state index contributed by atoms with van der Waals surface area (Å²) in [6.45, 7) is 5.57. The molecule has 0 atom stereocenters. The number of thioether (sulfide) groups is 1. The Morgan fingerprint density at radius 1 is 1.44 bits per heavy atom. The largest absolute Gasteiger partial charge is 0.481 e. The second-order valence-electron chi connectivity index (χ2n) is 4.67. The first-order valence-corrected chi connectivity index (χ1v) is 6.46. The number of aliphatic carboxylic acids is 1. The van der Waals surface area contributed by atoms with Gasteiger partial charge in [-0.1, -0.05) is 12.1 Å². The average molecular weight is 238 g/mol. The number of hydrogen-bond acceptors (Lipinski definition) is 2. The lowest BCUT2D eigenvalue weighted by Gasteiger charge is -2.19. The van der Waals surface area contributed by atoms with Crippen molar-refractivity contribution in [2.24, 2.45) is 5.41 Å². The van der Waals surface area contributed by atoms with E-state index in [2.05, 4.69) is 19.1 Å². The molecule has 1 rings (SSSR count). The molecule has 1 aromatic carbocycles. The van der Waals surface area contributed by atoms with Gasteiger partial charge in [0.05, 0.1) is 5.41 Å². The van der Waals surface area contributed by atoms with E-state index in [0.717, 1.165) is 5.56 Å². The van der Waals surface area contributed by atoms with Gasteiger partial charge >= 0.3 is 5.97 Å². The minimum absolute atomic E-state index is 0.567. The molecule has 0 spiro atoms. The second-order valence-corrected chi connectivity index (χ2v) is 5.52. The molecular formula is C13H18O2S. The summed E-state index contributed by atoms with van der Waals surface area (Å²) in [6, 6.07) is 6.16. The molecule has 88 valence electrons. The fourth-order valence-corrected chi connectivity index (χ4v) is 2.22. The van der Waals surface area contributed by atoms with Crippen molar-refractivity contribution < 1.29 is 9.90 Å². The minimum Gasteiger partial charge on any atom is -0.481 e. The topological polar surface area (TPSA) is 37.3 Å². The summed E-state index contributed by atoms with van der Waals surface area (Å²) in [5.74, 6) is -0.751. The molecule has 0 heterocycles. The number of carbonyl (C=O) groups is 1. The first kappa shape index (κ1) is 13.1. The van der Waals surface area contributed by atoms with Crippen molar-refractivity contribution >= 4 is 17.7 Å². The maximum atomic E-state index is 11.0. The van der Waals surface area contributed by atoms with E-state index in [1.807, 2.05) is 12.3 Å². The van der Waals surface area contributed by atoms with E-state index in [9.17, 15) is 4.79 Å². The third-order valence-corrected chi connectivity index (χ3v) is 3.58. The summed E-state index contributed by atoms with van der Waals surface area (Å²) in [6.07, 6.45) is 2.61. The Kier molecular flexibility index (Phi) is 4.03. The summed E-state index contributed by atoms with van der Waals surface area (Å²) in [5.41, 5.74) is 1.60. The van der Waals surface area contributed by atoms with Crippen molar-refractivity contribution in [1.82, 2.24) is 0 Å². The van der Waals surface area contributed by atoms with Crippen LogP contribution in [0, 0.1) is 12.3 Å². The van der Waals surface area contributed by atoms with Gasteiger partial charge in [-0.25, -0.2) is 0 Å². The molecule has 3 heteroatoms. The Balaban J connectivity index is 2.91. The van der Waals surface area contributed by atoms with E-state index < -0.39 is 11.4 Å². The fraction of sp³-hybridized carbons (Fsp3) is 0.462. The molecule has 1 N–H and O–H groups in total. The lowest BCUT2D eigenvalue weighted by atomic mass is 9.85. The third kappa shape index (κ3) is 3.01. The van der Waals surface area contributed by atoms with Gasteiger partial charge in [-0.3, -0.25) is 4.79 Å². The van der Waals surface area contributed by atoms with Gasteiger partial charge in [0.1, 0.15) is 0 Å². The molecule has 1 aromatic rings. The number of rotatable bonds is 4. The molecular weight excluding hydrogens is 220 g/mol. The van der Waals surface area contributed by atoms with Crippen LogP contribution in [-0.4, -0.2) is 17.3 Å². The van der Waals surface area contributed by atoms with Crippen LogP contribution < -0.4 is 0 Å². The average Bonchev–Trinajstić information content (AvgIpc) is 2.17. The highest BCUT2D eigenvalue weighted by Gasteiger charge is 2.27. The van der Waals surface area contributed by atoms with Gasteiger partial charge in [-0.2, -0.15) is 0 Å². The van der Waals surface area contributed by atoms with Gasteiger partial charge in [0, 0.05) is 4.90 Å². The molecule has 0 aliphatic heterocycles. The van der Waals surface area contributed by atoms with Crippen LogP contribution >= 0.6 is 11.8 Å². The van der Waals surface area contributed by atoms with Crippen molar-refractivity contribution in [2.45, 2.75) is 32.1 Å². The van der Waals surface area contributed by atoms with Gasteiger partial charge in [-0.05, 0) is 50.6 Å². The molecule has 0 saturated heterocycles. The fourth-order valence-electron chi connectivity index (χ4n) is 1.64. The van der Waals surface area contributed by atoms with Gasteiger partial charge in [0.15, 0.2) is 0 Å². The first-order chi connectivity index (χ1) is 7.36. The van der Waals surface area contributed by atoms with Crippen LogP contribution in [0.15, 0.2) is 23.1 Å². The highest BCUT2D eigenvalue weighted by atomic mass is 32.2. The van der Waals surface area contributed by atoms with Crippen LogP contribution in [0.3, 0.4) is 0 Å². The lowest BCUT2D eigenvalue weighted by Crippen LogP contribution is -2.26. The van der Waals surface area contributed by atoms with E-state index in [1.54, 1.807) is 25.6 Å². The highest BCUT2D eigenvalue weighted by molar-refractivity contribution is 7.98. The van der Waals surface area contributed by atoms with Crippen LogP contribution in [-0.2, 0) is 11.2 Å². The molecule has 0 aromatic heterocycles. The molecule has 0 unspecified atom stereocenters. The second kappa shape index (κ2) is 4.91. The number of hydrogen-bond donors (Lipinski definition) is 1. The normalized spacial score (nSPS) is 11.5. The van der Waals surface area contributed by atoms with Crippen molar-refractivity contribution in [3.05, 3.63) is 29.3 Å². The van der Waals surface area contributed by atoms with Crippen molar-refractivity contribution in [2.75, 3.05) is 6.26 Å². The van der Waals surface area contributed by atoms with Crippen LogP contribution in [0.25, 0.3) is 0 Å². The monoisotopic (exact) mass is 238 g/mol. The predicted octanol–water partition coefficient (Wildman–Crippen LogP) is 3.37.